The molecule has 166 valence electrons. The molecule has 4 rings (SSSR count). The minimum Gasteiger partial charge on any atom is -0.382 e. The molecule has 32 heavy (non-hydrogen) atoms. The van der Waals surface area contributed by atoms with Crippen LogP contribution >= 0.6 is 34.8 Å². The van der Waals surface area contributed by atoms with Crippen LogP contribution in [0, 0.1) is 0 Å². The number of rotatable bonds is 6. The number of aromatic nitrogens is 6. The summed E-state index contributed by atoms with van der Waals surface area (Å²) in [6.07, 6.45) is 4.39. The minimum absolute atomic E-state index is 0.0328. The highest BCUT2D eigenvalue weighted by molar-refractivity contribution is 6.39. The molecular formula is C19H18Cl3N9O. The lowest BCUT2D eigenvalue weighted by atomic mass is 10.1. The van der Waals surface area contributed by atoms with Crippen LogP contribution in [0.15, 0.2) is 29.3 Å². The molecule has 6 N–H and O–H groups in total. The first-order valence-corrected chi connectivity index (χ1v) is 10.7. The molecule has 13 heteroatoms. The fraction of sp³-hybridized carbons (Fsp3) is 0.211. The molecule has 10 nitrogen and oxygen atoms in total. The molecule has 3 heterocycles. The van der Waals surface area contributed by atoms with Crippen LogP contribution < -0.4 is 22.3 Å². The quantitative estimate of drug-likeness (QED) is 0.314. The average molecular weight is 495 g/mol. The number of hydrogen-bond donors (Lipinski definition) is 4. The predicted octanol–water partition coefficient (Wildman–Crippen LogP) is 3.98. The summed E-state index contributed by atoms with van der Waals surface area (Å²) >= 11 is 19.0. The summed E-state index contributed by atoms with van der Waals surface area (Å²) < 4.78 is 1.42. The van der Waals surface area contributed by atoms with Gasteiger partial charge in [-0.1, -0.05) is 48.1 Å². The summed E-state index contributed by atoms with van der Waals surface area (Å²) in [4.78, 5) is 26.3. The molecule has 0 saturated carbocycles. The fourth-order valence-electron chi connectivity index (χ4n) is 3.38. The van der Waals surface area contributed by atoms with Gasteiger partial charge in [-0.3, -0.25) is 14.5 Å². The van der Waals surface area contributed by atoms with Crippen molar-refractivity contribution in [1.29, 1.82) is 0 Å². The van der Waals surface area contributed by atoms with E-state index in [4.69, 9.17) is 51.3 Å². The molecule has 4 aromatic rings. The van der Waals surface area contributed by atoms with Crippen molar-refractivity contribution < 1.29 is 0 Å². The Morgan fingerprint density at radius 2 is 1.91 bits per heavy atom. The second kappa shape index (κ2) is 8.81. The number of anilines is 3. The maximum absolute atomic E-state index is 13.6. The van der Waals surface area contributed by atoms with E-state index in [1.165, 1.54) is 10.8 Å². The van der Waals surface area contributed by atoms with Crippen LogP contribution in [0.2, 0.25) is 15.1 Å². The molecule has 0 amide bonds. The number of H-pyrrole nitrogens is 1. The third-order valence-electron chi connectivity index (χ3n) is 4.79. The van der Waals surface area contributed by atoms with Crippen LogP contribution in [0.5, 0.6) is 0 Å². The Hall–Kier alpha value is -3.08. The van der Waals surface area contributed by atoms with Crippen LogP contribution in [-0.4, -0.2) is 29.7 Å². The van der Waals surface area contributed by atoms with Gasteiger partial charge in [-0.05, 0) is 18.6 Å². The normalized spacial score (nSPS) is 12.2. The zero-order chi connectivity index (χ0) is 23.0. The summed E-state index contributed by atoms with van der Waals surface area (Å²) in [6.45, 7) is 1.99. The Labute approximate surface area is 196 Å². The van der Waals surface area contributed by atoms with E-state index < -0.39 is 11.6 Å². The van der Waals surface area contributed by atoms with Gasteiger partial charge in [0.25, 0.3) is 5.56 Å². The lowest BCUT2D eigenvalue weighted by molar-refractivity contribution is 0.615. The van der Waals surface area contributed by atoms with Gasteiger partial charge < -0.3 is 16.8 Å². The third kappa shape index (κ3) is 3.92. The second-order valence-electron chi connectivity index (χ2n) is 6.94. The molecule has 0 saturated heterocycles. The molecule has 1 atom stereocenters. The maximum Gasteiger partial charge on any atom is 0.267 e. The van der Waals surface area contributed by atoms with Gasteiger partial charge in [0.15, 0.2) is 5.82 Å². The Morgan fingerprint density at radius 1 is 1.16 bits per heavy atom. The average Bonchev–Trinajstić information content (AvgIpc) is 3.27. The van der Waals surface area contributed by atoms with E-state index in [0.29, 0.717) is 23.0 Å². The molecule has 1 unspecified atom stereocenters. The molecule has 3 aromatic heterocycles. The third-order valence-corrected chi connectivity index (χ3v) is 5.78. The number of fused-ring (bicyclic) bond motifs is 1. The molecule has 0 aliphatic heterocycles. The van der Waals surface area contributed by atoms with Crippen molar-refractivity contribution >= 4 is 63.3 Å². The number of benzene rings is 1. The lowest BCUT2D eigenvalue weighted by Crippen LogP contribution is -2.28. The number of nitrogens with two attached hydrogens (primary N) is 2. The standard InChI is InChI=1S/C19H18Cl3N9O/c1-2-3-11(27-16-13(22)15(23)29-19(24)30-16)17-28-14-10(21)5-4-9(20)12(14)18(32)31(17)8-6-25-26-7-8/h4-7,11H,2-3H2,1H3,(H,25,26)(H5,23,24,27,29,30). The molecule has 0 bridgehead atoms. The van der Waals surface area contributed by atoms with Gasteiger partial charge in [-0.2, -0.15) is 15.1 Å². The van der Waals surface area contributed by atoms with Gasteiger partial charge in [-0.25, -0.2) is 4.98 Å². The maximum atomic E-state index is 13.6. The molecule has 0 aliphatic rings. The second-order valence-corrected chi connectivity index (χ2v) is 8.13. The highest BCUT2D eigenvalue weighted by atomic mass is 35.5. The van der Waals surface area contributed by atoms with E-state index in [-0.39, 0.29) is 38.5 Å². The number of nitrogens with zero attached hydrogens (tertiary/aromatic N) is 5. The Bertz CT molecular complexity index is 1350. The van der Waals surface area contributed by atoms with Crippen molar-refractivity contribution in [2.75, 3.05) is 16.8 Å². The van der Waals surface area contributed by atoms with Crippen LogP contribution in [0.1, 0.15) is 31.6 Å². The van der Waals surface area contributed by atoms with Gasteiger partial charge in [0.1, 0.15) is 16.7 Å². The summed E-state index contributed by atoms with van der Waals surface area (Å²) in [7, 11) is 0. The first kappa shape index (κ1) is 22.1. The van der Waals surface area contributed by atoms with Gasteiger partial charge >= 0.3 is 0 Å². The van der Waals surface area contributed by atoms with Gasteiger partial charge in [-0.15, -0.1) is 0 Å². The van der Waals surface area contributed by atoms with Crippen molar-refractivity contribution in [2.24, 2.45) is 0 Å². The van der Waals surface area contributed by atoms with E-state index in [1.54, 1.807) is 18.3 Å². The van der Waals surface area contributed by atoms with E-state index >= 15 is 0 Å². The molecule has 0 aliphatic carbocycles. The summed E-state index contributed by atoms with van der Waals surface area (Å²) in [5.74, 6) is 0.575. The molecular weight excluding hydrogens is 477 g/mol. The topological polar surface area (TPSA) is 153 Å². The molecule has 0 radical (unpaired) electrons. The van der Waals surface area contributed by atoms with Crippen LogP contribution in [0.4, 0.5) is 17.6 Å². The first-order valence-electron chi connectivity index (χ1n) is 9.56. The summed E-state index contributed by atoms with van der Waals surface area (Å²) in [6, 6.07) is 2.63. The van der Waals surface area contributed by atoms with Gasteiger partial charge in [0, 0.05) is 6.20 Å². The highest BCUT2D eigenvalue weighted by Gasteiger charge is 2.25. The van der Waals surface area contributed by atoms with E-state index in [0.717, 1.165) is 6.42 Å². The Kier molecular flexibility index (Phi) is 6.09. The van der Waals surface area contributed by atoms with Gasteiger partial charge in [0.2, 0.25) is 5.95 Å². The predicted molar refractivity (Wildman–Crippen MR) is 127 cm³/mol. The summed E-state index contributed by atoms with van der Waals surface area (Å²) in [5.41, 5.74) is 11.9. The van der Waals surface area contributed by atoms with Crippen molar-refractivity contribution in [3.8, 4) is 5.69 Å². The molecule has 0 fully saturated rings. The minimum atomic E-state index is -0.520. The van der Waals surface area contributed by atoms with Crippen molar-refractivity contribution in [2.45, 2.75) is 25.8 Å². The fourth-order valence-corrected chi connectivity index (χ4v) is 3.95. The number of nitrogen functional groups attached to an aromatic ring is 2. The molecule has 1 aromatic carbocycles. The van der Waals surface area contributed by atoms with Gasteiger partial charge in [0.05, 0.1) is 38.9 Å². The number of hydrogen-bond acceptors (Lipinski definition) is 8. The van der Waals surface area contributed by atoms with E-state index in [2.05, 4.69) is 25.5 Å². The van der Waals surface area contributed by atoms with E-state index in [1.807, 2.05) is 6.92 Å². The van der Waals surface area contributed by atoms with Crippen molar-refractivity contribution in [3.63, 3.8) is 0 Å². The molecule has 0 spiro atoms. The highest BCUT2D eigenvalue weighted by Crippen LogP contribution is 2.33. The number of halogens is 3. The number of nitrogens with one attached hydrogen (secondary N) is 2. The zero-order valence-corrected chi connectivity index (χ0v) is 19.0. The van der Waals surface area contributed by atoms with Crippen molar-refractivity contribution in [3.05, 3.63) is 55.8 Å². The van der Waals surface area contributed by atoms with Crippen molar-refractivity contribution in [1.82, 2.24) is 29.7 Å². The van der Waals surface area contributed by atoms with E-state index in [9.17, 15) is 4.79 Å². The van der Waals surface area contributed by atoms with Crippen LogP contribution in [0.3, 0.4) is 0 Å². The Morgan fingerprint density at radius 3 is 2.59 bits per heavy atom. The lowest BCUT2D eigenvalue weighted by Gasteiger charge is -2.23. The number of aromatic amines is 1. The SMILES string of the molecule is CCCC(Nc1nc(N)nc(N)c1Cl)c1nc2c(Cl)ccc(Cl)c2c(=O)n1-c1cn[nH]c1. The Balaban J connectivity index is 1.99. The summed E-state index contributed by atoms with van der Waals surface area (Å²) in [5, 5.41) is 10.7. The van der Waals surface area contributed by atoms with Crippen LogP contribution in [-0.2, 0) is 0 Å². The first-order chi connectivity index (χ1) is 15.3. The van der Waals surface area contributed by atoms with Crippen LogP contribution in [0.25, 0.3) is 16.6 Å². The zero-order valence-electron chi connectivity index (χ0n) is 16.7. The largest absolute Gasteiger partial charge is 0.382 e. The smallest absolute Gasteiger partial charge is 0.267 e. The monoisotopic (exact) mass is 493 g/mol.